The Bertz CT molecular complexity index is 687. The summed E-state index contributed by atoms with van der Waals surface area (Å²) in [4.78, 5) is 11.8. The van der Waals surface area contributed by atoms with Crippen LogP contribution < -0.4 is 10.6 Å². The van der Waals surface area contributed by atoms with Gasteiger partial charge < -0.3 is 15.1 Å². The molecule has 6 heteroatoms. The van der Waals surface area contributed by atoms with E-state index in [1.54, 1.807) is 36.4 Å². The van der Waals surface area contributed by atoms with E-state index in [0.29, 0.717) is 16.5 Å². The number of hydrogen-bond donors (Lipinski definition) is 2. The molecule has 1 aromatic heterocycles. The number of halogens is 1. The zero-order chi connectivity index (χ0) is 15.1. The third-order valence-electron chi connectivity index (χ3n) is 2.58. The lowest BCUT2D eigenvalue weighted by Gasteiger charge is -2.04. The zero-order valence-electron chi connectivity index (χ0n) is 11.0. The quantitative estimate of drug-likeness (QED) is 0.657. The highest BCUT2D eigenvalue weighted by Gasteiger charge is 2.09. The lowest BCUT2D eigenvalue weighted by atomic mass is 10.2. The van der Waals surface area contributed by atoms with Gasteiger partial charge in [-0.1, -0.05) is 17.7 Å². The van der Waals surface area contributed by atoms with Crippen molar-refractivity contribution in [2.45, 2.75) is 6.54 Å². The molecule has 1 amide bonds. The topological polar surface area (TPSA) is 78.1 Å². The first-order chi connectivity index (χ1) is 10.2. The van der Waals surface area contributed by atoms with E-state index in [9.17, 15) is 4.79 Å². The Morgan fingerprint density at radius 2 is 2.24 bits per heavy atom. The number of rotatable bonds is 5. The smallest absolute Gasteiger partial charge is 0.263 e. The van der Waals surface area contributed by atoms with E-state index in [1.165, 1.54) is 12.5 Å². The SMILES string of the molecule is N#CC(=CNc1cccc(Cl)c1)C(=O)NCc1ccco1. The molecule has 21 heavy (non-hydrogen) atoms. The first-order valence-electron chi connectivity index (χ1n) is 6.12. The van der Waals surface area contributed by atoms with Crippen molar-refractivity contribution in [2.75, 3.05) is 5.32 Å². The van der Waals surface area contributed by atoms with Gasteiger partial charge in [0.2, 0.25) is 0 Å². The van der Waals surface area contributed by atoms with Crippen LogP contribution in [0.4, 0.5) is 5.69 Å². The number of nitrogens with one attached hydrogen (secondary N) is 2. The Morgan fingerprint density at radius 1 is 1.38 bits per heavy atom. The van der Waals surface area contributed by atoms with Crippen molar-refractivity contribution in [3.8, 4) is 6.07 Å². The molecule has 0 unspecified atom stereocenters. The summed E-state index contributed by atoms with van der Waals surface area (Å²) in [5, 5.41) is 15.0. The maximum absolute atomic E-state index is 11.8. The lowest BCUT2D eigenvalue weighted by Crippen LogP contribution is -2.24. The van der Waals surface area contributed by atoms with E-state index < -0.39 is 5.91 Å². The van der Waals surface area contributed by atoms with Gasteiger partial charge in [0, 0.05) is 16.9 Å². The lowest BCUT2D eigenvalue weighted by molar-refractivity contribution is -0.117. The van der Waals surface area contributed by atoms with Crippen molar-refractivity contribution in [2.24, 2.45) is 0 Å². The minimum Gasteiger partial charge on any atom is -0.467 e. The Labute approximate surface area is 126 Å². The molecule has 5 nitrogen and oxygen atoms in total. The van der Waals surface area contributed by atoms with Gasteiger partial charge in [0.1, 0.15) is 17.4 Å². The fraction of sp³-hybridized carbons (Fsp3) is 0.0667. The predicted molar refractivity (Wildman–Crippen MR) is 79.3 cm³/mol. The van der Waals surface area contributed by atoms with Crippen LogP contribution in [0.25, 0.3) is 0 Å². The zero-order valence-corrected chi connectivity index (χ0v) is 11.7. The monoisotopic (exact) mass is 301 g/mol. The normalized spacial score (nSPS) is 10.8. The maximum Gasteiger partial charge on any atom is 0.263 e. The van der Waals surface area contributed by atoms with Gasteiger partial charge in [-0.2, -0.15) is 5.26 Å². The van der Waals surface area contributed by atoms with Gasteiger partial charge in [-0.25, -0.2) is 0 Å². The maximum atomic E-state index is 11.8. The Morgan fingerprint density at radius 3 is 2.90 bits per heavy atom. The summed E-state index contributed by atoms with van der Waals surface area (Å²) in [6.07, 6.45) is 2.85. The second kappa shape index (κ2) is 7.17. The van der Waals surface area contributed by atoms with Crippen LogP contribution in [0.1, 0.15) is 5.76 Å². The van der Waals surface area contributed by atoms with Crippen LogP contribution in [0.15, 0.2) is 58.9 Å². The Hall–Kier alpha value is -2.71. The van der Waals surface area contributed by atoms with E-state index in [0.717, 1.165) is 0 Å². The molecule has 0 fully saturated rings. The fourth-order valence-electron chi connectivity index (χ4n) is 1.56. The number of amides is 1. The van der Waals surface area contributed by atoms with Crippen molar-refractivity contribution in [3.63, 3.8) is 0 Å². The molecule has 0 bridgehead atoms. The average molecular weight is 302 g/mol. The summed E-state index contributed by atoms with van der Waals surface area (Å²) in [6, 6.07) is 12.3. The number of carbonyl (C=O) groups excluding carboxylic acids is 1. The minimum absolute atomic E-state index is 0.0402. The minimum atomic E-state index is -0.483. The Kier molecular flexibility index (Phi) is 5.02. The predicted octanol–water partition coefficient (Wildman–Crippen LogP) is 3.07. The highest BCUT2D eigenvalue weighted by molar-refractivity contribution is 6.30. The molecule has 1 heterocycles. The van der Waals surface area contributed by atoms with Crippen LogP contribution in [-0.4, -0.2) is 5.91 Å². The van der Waals surface area contributed by atoms with Crippen LogP contribution in [-0.2, 0) is 11.3 Å². The molecule has 0 saturated heterocycles. The van der Waals surface area contributed by atoms with E-state index in [-0.39, 0.29) is 12.1 Å². The number of carbonyl (C=O) groups is 1. The van der Waals surface area contributed by atoms with E-state index in [4.69, 9.17) is 21.3 Å². The standard InChI is InChI=1S/C15H12ClN3O2/c16-12-3-1-4-13(7-12)18-9-11(8-17)15(20)19-10-14-5-2-6-21-14/h1-7,9,18H,10H2,(H,19,20). The van der Waals surface area contributed by atoms with Gasteiger partial charge in [-0.15, -0.1) is 0 Å². The summed E-state index contributed by atoms with van der Waals surface area (Å²) in [6.45, 7) is 0.224. The average Bonchev–Trinajstić information content (AvgIpc) is 2.99. The van der Waals surface area contributed by atoms with Crippen LogP contribution in [0.2, 0.25) is 5.02 Å². The molecule has 0 saturated carbocycles. The molecule has 0 spiro atoms. The molecular formula is C15H12ClN3O2. The molecule has 1 aromatic carbocycles. The molecule has 2 rings (SSSR count). The van der Waals surface area contributed by atoms with Gasteiger partial charge in [-0.05, 0) is 30.3 Å². The van der Waals surface area contributed by atoms with Crippen LogP contribution in [0.5, 0.6) is 0 Å². The summed E-state index contributed by atoms with van der Waals surface area (Å²) < 4.78 is 5.09. The highest BCUT2D eigenvalue weighted by Crippen LogP contribution is 2.15. The summed E-state index contributed by atoms with van der Waals surface area (Å²) >= 11 is 5.85. The third-order valence-corrected chi connectivity index (χ3v) is 2.81. The van der Waals surface area contributed by atoms with Crippen molar-refractivity contribution in [1.29, 1.82) is 5.26 Å². The van der Waals surface area contributed by atoms with Crippen LogP contribution in [0.3, 0.4) is 0 Å². The largest absolute Gasteiger partial charge is 0.467 e. The van der Waals surface area contributed by atoms with Crippen molar-refractivity contribution in [3.05, 3.63) is 65.2 Å². The van der Waals surface area contributed by atoms with Gasteiger partial charge in [0.05, 0.1) is 12.8 Å². The molecular weight excluding hydrogens is 290 g/mol. The van der Waals surface area contributed by atoms with Gasteiger partial charge in [-0.3, -0.25) is 4.79 Å². The van der Waals surface area contributed by atoms with Gasteiger partial charge >= 0.3 is 0 Å². The van der Waals surface area contributed by atoms with Crippen LogP contribution in [0, 0.1) is 11.3 Å². The third kappa shape index (κ3) is 4.41. The molecule has 0 aliphatic heterocycles. The molecule has 2 aromatic rings. The number of furan rings is 1. The highest BCUT2D eigenvalue weighted by atomic mass is 35.5. The second-order valence-electron chi connectivity index (χ2n) is 4.09. The van der Waals surface area contributed by atoms with E-state index in [1.807, 2.05) is 6.07 Å². The van der Waals surface area contributed by atoms with Crippen LogP contribution >= 0.6 is 11.6 Å². The number of anilines is 1. The summed E-state index contributed by atoms with van der Waals surface area (Å²) in [7, 11) is 0. The molecule has 2 N–H and O–H groups in total. The number of benzene rings is 1. The van der Waals surface area contributed by atoms with E-state index in [2.05, 4.69) is 10.6 Å². The summed E-state index contributed by atoms with van der Waals surface area (Å²) in [5.41, 5.74) is 0.649. The first-order valence-corrected chi connectivity index (χ1v) is 6.50. The molecule has 0 aliphatic carbocycles. The summed E-state index contributed by atoms with van der Waals surface area (Å²) in [5.74, 6) is 0.131. The van der Waals surface area contributed by atoms with Gasteiger partial charge in [0.25, 0.3) is 5.91 Å². The first kappa shape index (κ1) is 14.7. The molecule has 106 valence electrons. The number of hydrogen-bond acceptors (Lipinski definition) is 4. The van der Waals surface area contributed by atoms with Gasteiger partial charge in [0.15, 0.2) is 0 Å². The fourth-order valence-corrected chi connectivity index (χ4v) is 1.75. The van der Waals surface area contributed by atoms with E-state index >= 15 is 0 Å². The molecule has 0 radical (unpaired) electrons. The molecule has 0 atom stereocenters. The second-order valence-corrected chi connectivity index (χ2v) is 4.52. The number of nitrogens with zero attached hydrogens (tertiary/aromatic N) is 1. The Balaban J connectivity index is 1.96. The molecule has 0 aliphatic rings. The van der Waals surface area contributed by atoms with Crippen molar-refractivity contribution >= 4 is 23.2 Å². The number of nitriles is 1. The van der Waals surface area contributed by atoms with Crippen molar-refractivity contribution < 1.29 is 9.21 Å². The van der Waals surface area contributed by atoms with Crippen molar-refractivity contribution in [1.82, 2.24) is 5.32 Å².